The van der Waals surface area contributed by atoms with Crippen LogP contribution in [-0.2, 0) is 9.53 Å². The average molecular weight is 357 g/mol. The van der Waals surface area contributed by atoms with Crippen molar-refractivity contribution in [3.63, 3.8) is 0 Å². The Hall–Kier alpha value is -3.22. The lowest BCUT2D eigenvalue weighted by Crippen LogP contribution is -2.31. The number of hydrogen-bond acceptors (Lipinski definition) is 6. The number of ether oxygens (including phenoxy) is 4. The molecule has 1 amide bonds. The van der Waals surface area contributed by atoms with E-state index in [2.05, 4.69) is 5.32 Å². The molecule has 0 bridgehead atoms. The third kappa shape index (κ3) is 4.05. The first-order valence-electron chi connectivity index (χ1n) is 8.07. The first kappa shape index (κ1) is 17.6. The minimum absolute atomic E-state index is 0.123. The molecule has 0 saturated carbocycles. The van der Waals surface area contributed by atoms with Gasteiger partial charge in [-0.1, -0.05) is 12.1 Å². The Bertz CT molecular complexity index is 819. The number of methoxy groups -OCH3 is 1. The Morgan fingerprint density at radius 3 is 2.77 bits per heavy atom. The number of carbonyl (C=O) groups excluding carboxylic acids is 2. The number of hydrogen-bond donors (Lipinski definition) is 1. The van der Waals surface area contributed by atoms with Crippen LogP contribution in [0.2, 0.25) is 0 Å². The molecule has 0 aliphatic carbocycles. The molecule has 0 saturated heterocycles. The number of rotatable bonds is 6. The summed E-state index contributed by atoms with van der Waals surface area (Å²) in [5, 5.41) is 2.78. The maximum absolute atomic E-state index is 12.1. The lowest BCUT2D eigenvalue weighted by Gasteiger charge is -2.15. The zero-order chi connectivity index (χ0) is 18.5. The molecule has 136 valence electrons. The van der Waals surface area contributed by atoms with Crippen molar-refractivity contribution in [3.05, 3.63) is 53.6 Å². The zero-order valence-electron chi connectivity index (χ0n) is 14.5. The quantitative estimate of drug-likeness (QED) is 0.800. The van der Waals surface area contributed by atoms with Gasteiger partial charge in [-0.2, -0.15) is 0 Å². The predicted molar refractivity (Wildman–Crippen MR) is 92.4 cm³/mol. The summed E-state index contributed by atoms with van der Waals surface area (Å²) in [4.78, 5) is 24.1. The van der Waals surface area contributed by atoms with Gasteiger partial charge in [0.05, 0.1) is 18.7 Å². The molecule has 2 aromatic carbocycles. The van der Waals surface area contributed by atoms with E-state index in [1.165, 1.54) is 6.07 Å². The second kappa shape index (κ2) is 7.77. The molecule has 3 rings (SSSR count). The first-order valence-corrected chi connectivity index (χ1v) is 8.07. The minimum atomic E-state index is -0.604. The van der Waals surface area contributed by atoms with Crippen molar-refractivity contribution in [1.82, 2.24) is 5.32 Å². The van der Waals surface area contributed by atoms with Crippen molar-refractivity contribution in [2.45, 2.75) is 13.0 Å². The van der Waals surface area contributed by atoms with E-state index in [4.69, 9.17) is 18.9 Å². The number of benzene rings is 2. The second-order valence-corrected chi connectivity index (χ2v) is 5.71. The smallest absolute Gasteiger partial charge is 0.338 e. The van der Waals surface area contributed by atoms with Crippen LogP contribution in [0.15, 0.2) is 42.5 Å². The van der Waals surface area contributed by atoms with Crippen molar-refractivity contribution >= 4 is 11.9 Å². The van der Waals surface area contributed by atoms with E-state index in [1.807, 2.05) is 31.2 Å². The normalized spacial score (nSPS) is 13.0. The topological polar surface area (TPSA) is 83.1 Å². The highest BCUT2D eigenvalue weighted by Gasteiger charge is 2.18. The van der Waals surface area contributed by atoms with Gasteiger partial charge in [0, 0.05) is 0 Å². The van der Waals surface area contributed by atoms with Crippen LogP contribution in [0.25, 0.3) is 0 Å². The Balaban J connectivity index is 1.52. The lowest BCUT2D eigenvalue weighted by atomic mass is 10.1. The van der Waals surface area contributed by atoms with Crippen LogP contribution in [0.5, 0.6) is 17.2 Å². The van der Waals surface area contributed by atoms with E-state index < -0.39 is 11.9 Å². The molecule has 1 heterocycles. The zero-order valence-corrected chi connectivity index (χ0v) is 14.5. The number of esters is 1. The van der Waals surface area contributed by atoms with E-state index in [9.17, 15) is 9.59 Å². The summed E-state index contributed by atoms with van der Waals surface area (Å²) in [7, 11) is 1.58. The fourth-order valence-corrected chi connectivity index (χ4v) is 2.52. The summed E-state index contributed by atoms with van der Waals surface area (Å²) in [6, 6.07) is 11.9. The summed E-state index contributed by atoms with van der Waals surface area (Å²) in [5.41, 5.74) is 1.18. The monoisotopic (exact) mass is 357 g/mol. The van der Waals surface area contributed by atoms with Gasteiger partial charge in [-0.05, 0) is 42.8 Å². The molecule has 1 N–H and O–H groups in total. The van der Waals surface area contributed by atoms with Gasteiger partial charge >= 0.3 is 5.97 Å². The van der Waals surface area contributed by atoms with Crippen LogP contribution in [-0.4, -0.2) is 32.4 Å². The summed E-state index contributed by atoms with van der Waals surface area (Å²) in [6.45, 7) is 1.59. The molecule has 1 aliphatic heterocycles. The standard InChI is InChI=1S/C19H19NO6/c1-12(13-4-3-5-15(8-13)23-2)20-18(21)10-24-19(22)14-6-7-16-17(9-14)26-11-25-16/h3-9,12H,10-11H2,1-2H3,(H,20,21). The van der Waals surface area contributed by atoms with Crippen LogP contribution >= 0.6 is 0 Å². The SMILES string of the molecule is COc1cccc(C(C)NC(=O)COC(=O)c2ccc3c(c2)OCO3)c1. The van der Waals surface area contributed by atoms with E-state index in [-0.39, 0.29) is 19.4 Å². The number of amides is 1. The third-order valence-electron chi connectivity index (χ3n) is 3.91. The van der Waals surface area contributed by atoms with Crippen LogP contribution in [0.1, 0.15) is 28.9 Å². The Kier molecular flexibility index (Phi) is 5.26. The van der Waals surface area contributed by atoms with Gasteiger partial charge in [-0.15, -0.1) is 0 Å². The van der Waals surface area contributed by atoms with E-state index >= 15 is 0 Å². The third-order valence-corrected chi connectivity index (χ3v) is 3.91. The highest BCUT2D eigenvalue weighted by atomic mass is 16.7. The molecule has 2 aromatic rings. The van der Waals surface area contributed by atoms with Gasteiger partial charge in [0.25, 0.3) is 5.91 Å². The van der Waals surface area contributed by atoms with Crippen molar-refractivity contribution in [2.75, 3.05) is 20.5 Å². The number of nitrogens with one attached hydrogen (secondary N) is 1. The highest BCUT2D eigenvalue weighted by molar-refractivity contribution is 5.92. The summed E-state index contributed by atoms with van der Waals surface area (Å²) < 4.78 is 20.6. The van der Waals surface area contributed by atoms with Crippen molar-refractivity contribution in [2.24, 2.45) is 0 Å². The second-order valence-electron chi connectivity index (χ2n) is 5.71. The molecular weight excluding hydrogens is 338 g/mol. The summed E-state index contributed by atoms with van der Waals surface area (Å²) in [6.07, 6.45) is 0. The summed E-state index contributed by atoms with van der Waals surface area (Å²) >= 11 is 0. The molecule has 7 heteroatoms. The fourth-order valence-electron chi connectivity index (χ4n) is 2.52. The van der Waals surface area contributed by atoms with E-state index in [0.717, 1.165) is 5.56 Å². The molecule has 1 atom stereocenters. The molecule has 0 radical (unpaired) electrons. The predicted octanol–water partition coefficient (Wildman–Crippen LogP) is 2.46. The Labute approximate surface area is 150 Å². The minimum Gasteiger partial charge on any atom is -0.497 e. The van der Waals surface area contributed by atoms with Gasteiger partial charge < -0.3 is 24.3 Å². The first-order chi connectivity index (χ1) is 12.6. The molecule has 26 heavy (non-hydrogen) atoms. The van der Waals surface area contributed by atoms with Crippen molar-refractivity contribution in [3.8, 4) is 17.2 Å². The highest BCUT2D eigenvalue weighted by Crippen LogP contribution is 2.32. The molecule has 0 fully saturated rings. The van der Waals surface area contributed by atoms with Gasteiger partial charge in [-0.25, -0.2) is 4.79 Å². The average Bonchev–Trinajstić information content (AvgIpc) is 3.13. The van der Waals surface area contributed by atoms with Gasteiger partial charge in [0.1, 0.15) is 5.75 Å². The number of fused-ring (bicyclic) bond motifs is 1. The van der Waals surface area contributed by atoms with Crippen molar-refractivity contribution in [1.29, 1.82) is 0 Å². The van der Waals surface area contributed by atoms with Gasteiger partial charge in [0.15, 0.2) is 18.1 Å². The lowest BCUT2D eigenvalue weighted by molar-refractivity contribution is -0.124. The van der Waals surface area contributed by atoms with Crippen LogP contribution in [0.4, 0.5) is 0 Å². The maximum Gasteiger partial charge on any atom is 0.338 e. The van der Waals surface area contributed by atoms with E-state index in [1.54, 1.807) is 19.2 Å². The molecule has 0 aromatic heterocycles. The summed E-state index contributed by atoms with van der Waals surface area (Å²) in [5.74, 6) is 0.765. The maximum atomic E-state index is 12.1. The largest absolute Gasteiger partial charge is 0.497 e. The van der Waals surface area contributed by atoms with E-state index in [0.29, 0.717) is 22.8 Å². The van der Waals surface area contributed by atoms with Crippen LogP contribution in [0, 0.1) is 0 Å². The van der Waals surface area contributed by atoms with Crippen molar-refractivity contribution < 1.29 is 28.5 Å². The molecule has 7 nitrogen and oxygen atoms in total. The molecule has 0 spiro atoms. The number of carbonyl (C=O) groups is 2. The Morgan fingerprint density at radius 2 is 1.96 bits per heavy atom. The van der Waals surface area contributed by atoms with Crippen LogP contribution in [0.3, 0.4) is 0 Å². The molecular formula is C19H19NO6. The van der Waals surface area contributed by atoms with Gasteiger partial charge in [0.2, 0.25) is 6.79 Å². The molecule has 1 unspecified atom stereocenters. The van der Waals surface area contributed by atoms with Crippen LogP contribution < -0.4 is 19.5 Å². The van der Waals surface area contributed by atoms with Gasteiger partial charge in [-0.3, -0.25) is 4.79 Å². The fraction of sp³-hybridized carbons (Fsp3) is 0.263. The Morgan fingerprint density at radius 1 is 1.15 bits per heavy atom. The molecule has 1 aliphatic rings.